The normalized spacial score (nSPS) is 16.9. The average Bonchev–Trinajstić information content (AvgIpc) is 2.92. The standard InChI is InChI=1S/C35H51N5O2/c1-8-17-40(7,24-32(41)37-33-28(5)21-30(23-36)22-29(33)6)18-13-9-11-15-39-16-12-10-14-31(39)35(42)38-34-26(3)19-25(2)20-27(34)4/h19-22,31H,8-18,24H2,1-7H3,(H-,37,38,41,42)/p+1. The van der Waals surface area contributed by atoms with E-state index in [1.165, 1.54) is 5.56 Å². The van der Waals surface area contributed by atoms with Crippen LogP contribution in [0.3, 0.4) is 0 Å². The fraction of sp³-hybridized carbons (Fsp3) is 0.571. The van der Waals surface area contributed by atoms with E-state index in [1.807, 2.05) is 26.0 Å². The van der Waals surface area contributed by atoms with Crippen LogP contribution in [0.25, 0.3) is 0 Å². The Labute approximate surface area is 253 Å². The molecule has 1 saturated heterocycles. The van der Waals surface area contributed by atoms with E-state index in [9.17, 15) is 14.9 Å². The van der Waals surface area contributed by atoms with Crippen molar-refractivity contribution >= 4 is 23.2 Å². The summed E-state index contributed by atoms with van der Waals surface area (Å²) in [5.41, 5.74) is 7.67. The molecule has 2 aromatic carbocycles. The Morgan fingerprint density at radius 3 is 2.14 bits per heavy atom. The van der Waals surface area contributed by atoms with Gasteiger partial charge in [0, 0.05) is 11.4 Å². The number of nitrogens with zero attached hydrogens (tertiary/aromatic N) is 3. The monoisotopic (exact) mass is 574 g/mol. The van der Waals surface area contributed by atoms with E-state index in [4.69, 9.17) is 0 Å². The maximum atomic E-state index is 13.4. The first kappa shape index (κ1) is 33.3. The van der Waals surface area contributed by atoms with Gasteiger partial charge in [0.05, 0.1) is 37.8 Å². The minimum atomic E-state index is -0.0715. The van der Waals surface area contributed by atoms with E-state index in [0.717, 1.165) is 105 Å². The van der Waals surface area contributed by atoms with Crippen LogP contribution in [0.5, 0.6) is 0 Å². The van der Waals surface area contributed by atoms with Crippen molar-refractivity contribution in [2.75, 3.05) is 50.4 Å². The number of amides is 2. The summed E-state index contributed by atoms with van der Waals surface area (Å²) in [5, 5.41) is 15.6. The number of unbranched alkanes of at least 4 members (excludes halogenated alkanes) is 2. The minimum Gasteiger partial charge on any atom is -0.324 e. The Morgan fingerprint density at radius 2 is 1.52 bits per heavy atom. The summed E-state index contributed by atoms with van der Waals surface area (Å²) in [6.45, 7) is 16.5. The zero-order valence-electron chi connectivity index (χ0n) is 27.0. The van der Waals surface area contributed by atoms with Gasteiger partial charge in [-0.25, -0.2) is 0 Å². The highest BCUT2D eigenvalue weighted by Crippen LogP contribution is 2.25. The summed E-state index contributed by atoms with van der Waals surface area (Å²) in [7, 11) is 2.18. The second-order valence-electron chi connectivity index (χ2n) is 12.7. The lowest BCUT2D eigenvalue weighted by molar-refractivity contribution is -0.902. The first-order valence-corrected chi connectivity index (χ1v) is 15.7. The molecule has 0 saturated carbocycles. The third kappa shape index (κ3) is 9.14. The summed E-state index contributed by atoms with van der Waals surface area (Å²) in [6.07, 6.45) is 7.34. The molecule has 0 spiro atoms. The predicted octanol–water partition coefficient (Wildman–Crippen LogP) is 6.56. The van der Waals surface area contributed by atoms with Gasteiger partial charge in [-0.2, -0.15) is 5.26 Å². The Morgan fingerprint density at radius 1 is 0.905 bits per heavy atom. The predicted molar refractivity (Wildman–Crippen MR) is 173 cm³/mol. The Kier molecular flexibility index (Phi) is 12.1. The number of hydrogen-bond acceptors (Lipinski definition) is 4. The van der Waals surface area contributed by atoms with Gasteiger partial charge in [-0.1, -0.05) is 31.0 Å². The van der Waals surface area contributed by atoms with Gasteiger partial charge in [0.25, 0.3) is 5.91 Å². The van der Waals surface area contributed by atoms with Crippen LogP contribution >= 0.6 is 0 Å². The highest BCUT2D eigenvalue weighted by molar-refractivity contribution is 5.96. The molecule has 0 aromatic heterocycles. The van der Waals surface area contributed by atoms with Crippen LogP contribution in [0.4, 0.5) is 11.4 Å². The van der Waals surface area contributed by atoms with Crippen LogP contribution in [-0.4, -0.2) is 67.0 Å². The van der Waals surface area contributed by atoms with E-state index in [2.05, 4.69) is 68.5 Å². The molecule has 1 aliphatic rings. The molecule has 2 atom stereocenters. The maximum Gasteiger partial charge on any atom is 0.279 e. The number of piperidine rings is 1. The van der Waals surface area contributed by atoms with Gasteiger partial charge in [-0.05, 0) is 121 Å². The molecule has 228 valence electrons. The number of anilines is 2. The van der Waals surface area contributed by atoms with Crippen molar-refractivity contribution in [3.8, 4) is 6.07 Å². The molecule has 0 radical (unpaired) electrons. The Balaban J connectivity index is 1.51. The zero-order valence-corrected chi connectivity index (χ0v) is 27.0. The number of nitrogens with one attached hydrogen (secondary N) is 2. The number of likely N-dealkylation sites (tertiary alicyclic amines) is 1. The summed E-state index contributed by atoms with van der Waals surface area (Å²) in [6, 6.07) is 10.0. The highest BCUT2D eigenvalue weighted by atomic mass is 16.2. The molecule has 2 unspecified atom stereocenters. The van der Waals surface area contributed by atoms with Gasteiger partial charge in [0.15, 0.2) is 6.54 Å². The largest absolute Gasteiger partial charge is 0.324 e. The third-order valence-electron chi connectivity index (χ3n) is 8.70. The second-order valence-corrected chi connectivity index (χ2v) is 12.7. The van der Waals surface area contributed by atoms with E-state index < -0.39 is 0 Å². The lowest BCUT2D eigenvalue weighted by Gasteiger charge is -2.35. The van der Waals surface area contributed by atoms with Gasteiger partial charge in [0.1, 0.15) is 0 Å². The number of likely N-dealkylation sites (N-methyl/N-ethyl adjacent to an activating group) is 1. The summed E-state index contributed by atoms with van der Waals surface area (Å²) < 4.78 is 0.709. The number of carbonyl (C=O) groups is 2. The fourth-order valence-corrected chi connectivity index (χ4v) is 6.69. The smallest absolute Gasteiger partial charge is 0.279 e. The number of quaternary nitrogens is 1. The molecule has 2 N–H and O–H groups in total. The van der Waals surface area contributed by atoms with Crippen molar-refractivity contribution < 1.29 is 14.1 Å². The fourth-order valence-electron chi connectivity index (χ4n) is 6.69. The second kappa shape index (κ2) is 15.3. The zero-order chi connectivity index (χ0) is 30.9. The molecule has 2 amide bonds. The highest BCUT2D eigenvalue weighted by Gasteiger charge is 2.29. The molecule has 1 heterocycles. The van der Waals surface area contributed by atoms with E-state index in [-0.39, 0.29) is 17.9 Å². The van der Waals surface area contributed by atoms with Gasteiger partial charge in [-0.3, -0.25) is 14.5 Å². The van der Waals surface area contributed by atoms with E-state index >= 15 is 0 Å². The van der Waals surface area contributed by atoms with E-state index in [1.54, 1.807) is 0 Å². The van der Waals surface area contributed by atoms with E-state index in [0.29, 0.717) is 16.6 Å². The van der Waals surface area contributed by atoms with Gasteiger partial charge in [-0.15, -0.1) is 0 Å². The maximum absolute atomic E-state index is 13.4. The first-order chi connectivity index (χ1) is 20.0. The molecule has 0 aliphatic carbocycles. The van der Waals surface area contributed by atoms with Crippen molar-refractivity contribution in [1.82, 2.24) is 4.90 Å². The van der Waals surface area contributed by atoms with Crippen LogP contribution < -0.4 is 10.6 Å². The molecule has 2 aromatic rings. The molecule has 42 heavy (non-hydrogen) atoms. The molecule has 1 aliphatic heterocycles. The topological polar surface area (TPSA) is 85.2 Å². The number of aryl methyl sites for hydroxylation is 5. The molecule has 7 heteroatoms. The van der Waals surface area contributed by atoms with Crippen LogP contribution in [0.2, 0.25) is 0 Å². The van der Waals surface area contributed by atoms with Crippen molar-refractivity contribution in [2.24, 2.45) is 0 Å². The molecular formula is C35H52N5O2+. The van der Waals surface area contributed by atoms with Gasteiger partial charge in [0.2, 0.25) is 5.91 Å². The van der Waals surface area contributed by atoms with Crippen molar-refractivity contribution in [2.45, 2.75) is 92.5 Å². The van der Waals surface area contributed by atoms with Crippen molar-refractivity contribution in [3.05, 3.63) is 57.6 Å². The number of rotatable bonds is 13. The summed E-state index contributed by atoms with van der Waals surface area (Å²) in [4.78, 5) is 28.9. The third-order valence-corrected chi connectivity index (χ3v) is 8.70. The molecule has 1 fully saturated rings. The number of hydrogen-bond donors (Lipinski definition) is 2. The molecular weight excluding hydrogens is 522 g/mol. The van der Waals surface area contributed by atoms with Crippen molar-refractivity contribution in [3.63, 3.8) is 0 Å². The minimum absolute atomic E-state index is 0.0167. The van der Waals surface area contributed by atoms with Crippen LogP contribution in [0.15, 0.2) is 24.3 Å². The lowest BCUT2D eigenvalue weighted by Crippen LogP contribution is -2.50. The van der Waals surface area contributed by atoms with Crippen LogP contribution in [0.1, 0.15) is 85.3 Å². The summed E-state index contributed by atoms with van der Waals surface area (Å²) >= 11 is 0. The van der Waals surface area contributed by atoms with Crippen LogP contribution in [0, 0.1) is 45.9 Å². The molecule has 0 bridgehead atoms. The first-order valence-electron chi connectivity index (χ1n) is 15.7. The van der Waals surface area contributed by atoms with Crippen molar-refractivity contribution in [1.29, 1.82) is 5.26 Å². The average molecular weight is 575 g/mol. The Bertz CT molecular complexity index is 1250. The Hall–Kier alpha value is -3.21. The summed E-state index contributed by atoms with van der Waals surface area (Å²) in [5.74, 6) is 0.138. The van der Waals surface area contributed by atoms with Gasteiger partial charge >= 0.3 is 0 Å². The molecule has 3 rings (SSSR count). The van der Waals surface area contributed by atoms with Crippen LogP contribution in [-0.2, 0) is 9.59 Å². The number of carbonyl (C=O) groups excluding carboxylic acids is 2. The quantitative estimate of drug-likeness (QED) is 0.210. The number of benzene rings is 2. The number of nitriles is 1. The van der Waals surface area contributed by atoms with Gasteiger partial charge < -0.3 is 15.1 Å². The lowest BCUT2D eigenvalue weighted by atomic mass is 9.99. The molecule has 7 nitrogen and oxygen atoms in total. The SMILES string of the molecule is CCC[N+](C)(CCCCCN1CCCCC1C(=O)Nc1c(C)cc(C)cc1C)CC(=O)Nc1c(C)cc(C#N)cc1C.